The highest BCUT2D eigenvalue weighted by Crippen LogP contribution is 2.18. The van der Waals surface area contributed by atoms with Crippen LogP contribution < -0.4 is 10.5 Å². The van der Waals surface area contributed by atoms with Crippen LogP contribution in [0.25, 0.3) is 0 Å². The van der Waals surface area contributed by atoms with Crippen molar-refractivity contribution in [3.05, 3.63) is 41.6 Å². The van der Waals surface area contributed by atoms with E-state index in [1.807, 2.05) is 0 Å². The Morgan fingerprint density at radius 1 is 1.33 bits per heavy atom. The van der Waals surface area contributed by atoms with E-state index in [9.17, 15) is 9.59 Å². The fraction of sp³-hybridized carbons (Fsp3) is 0.231. The molecule has 0 aromatic heterocycles. The molecule has 1 aromatic rings. The molecular formula is C13H15NO4. The van der Waals surface area contributed by atoms with Crippen LogP contribution in [0.15, 0.2) is 36.0 Å². The van der Waals surface area contributed by atoms with E-state index in [-0.39, 0.29) is 12.3 Å². The summed E-state index contributed by atoms with van der Waals surface area (Å²) in [5.74, 6) is -0.686. The first-order valence-corrected chi connectivity index (χ1v) is 5.41. The van der Waals surface area contributed by atoms with Gasteiger partial charge in [0.1, 0.15) is 11.4 Å². The van der Waals surface area contributed by atoms with Crippen molar-refractivity contribution in [3.8, 4) is 5.75 Å². The number of carbonyl (C=O) groups is 2. The van der Waals surface area contributed by atoms with Gasteiger partial charge in [0.2, 0.25) is 0 Å². The zero-order valence-electron chi connectivity index (χ0n) is 10.3. The average Bonchev–Trinajstić information content (AvgIpc) is 2.38. The van der Waals surface area contributed by atoms with Crippen LogP contribution >= 0.6 is 0 Å². The lowest BCUT2D eigenvalue weighted by Gasteiger charge is -2.05. The summed E-state index contributed by atoms with van der Waals surface area (Å²) in [6, 6.07) is 6.69. The fourth-order valence-electron chi connectivity index (χ4n) is 1.34. The Morgan fingerprint density at radius 3 is 2.61 bits per heavy atom. The zero-order valence-corrected chi connectivity index (χ0v) is 10.3. The third kappa shape index (κ3) is 3.35. The maximum atomic E-state index is 11.9. The molecule has 0 unspecified atom stereocenters. The maximum Gasteiger partial charge on any atom is 0.354 e. The lowest BCUT2D eigenvalue weighted by molar-refractivity contribution is -0.138. The van der Waals surface area contributed by atoms with E-state index in [4.69, 9.17) is 10.5 Å². The van der Waals surface area contributed by atoms with E-state index in [1.54, 1.807) is 31.2 Å². The van der Waals surface area contributed by atoms with Crippen LogP contribution in [0, 0.1) is 0 Å². The largest absolute Gasteiger partial charge is 0.496 e. The summed E-state index contributed by atoms with van der Waals surface area (Å²) in [4.78, 5) is 23.2. The van der Waals surface area contributed by atoms with Gasteiger partial charge in [0, 0.05) is 6.08 Å². The van der Waals surface area contributed by atoms with Crippen LogP contribution in [0.5, 0.6) is 5.75 Å². The number of methoxy groups -OCH3 is 1. The average molecular weight is 249 g/mol. The van der Waals surface area contributed by atoms with Crippen molar-refractivity contribution in [3.63, 3.8) is 0 Å². The van der Waals surface area contributed by atoms with Gasteiger partial charge in [-0.05, 0) is 19.1 Å². The van der Waals surface area contributed by atoms with E-state index in [2.05, 4.69) is 4.74 Å². The molecular weight excluding hydrogens is 234 g/mol. The number of allylic oxidation sites excluding steroid dienone is 1. The van der Waals surface area contributed by atoms with Crippen LogP contribution in [-0.4, -0.2) is 25.5 Å². The number of carbonyl (C=O) groups excluding carboxylic acids is 2. The number of benzene rings is 1. The van der Waals surface area contributed by atoms with Gasteiger partial charge < -0.3 is 15.2 Å². The number of ketones is 1. The van der Waals surface area contributed by atoms with E-state index in [1.165, 1.54) is 7.11 Å². The molecule has 0 radical (unpaired) electrons. The minimum Gasteiger partial charge on any atom is -0.496 e. The Labute approximate surface area is 105 Å². The Kier molecular flexibility index (Phi) is 4.92. The van der Waals surface area contributed by atoms with Gasteiger partial charge in [0.25, 0.3) is 0 Å². The van der Waals surface area contributed by atoms with Crippen molar-refractivity contribution >= 4 is 11.8 Å². The van der Waals surface area contributed by atoms with Gasteiger partial charge in [0.15, 0.2) is 5.78 Å². The fourth-order valence-corrected chi connectivity index (χ4v) is 1.34. The Bertz CT molecular complexity index is 480. The number of hydrogen-bond donors (Lipinski definition) is 1. The molecule has 0 aliphatic carbocycles. The number of hydrogen-bond acceptors (Lipinski definition) is 5. The lowest BCUT2D eigenvalue weighted by Crippen LogP contribution is -2.16. The normalized spacial score (nSPS) is 10.9. The molecule has 0 aliphatic rings. The second-order valence-electron chi connectivity index (χ2n) is 3.38. The third-order valence-corrected chi connectivity index (χ3v) is 2.17. The zero-order chi connectivity index (χ0) is 13.5. The van der Waals surface area contributed by atoms with E-state index in [0.29, 0.717) is 11.3 Å². The number of esters is 1. The highest BCUT2D eigenvalue weighted by atomic mass is 16.5. The number of rotatable bonds is 5. The van der Waals surface area contributed by atoms with Crippen molar-refractivity contribution in [2.24, 2.45) is 5.73 Å². The molecule has 2 N–H and O–H groups in total. The van der Waals surface area contributed by atoms with Gasteiger partial charge in [-0.2, -0.15) is 0 Å². The Balaban J connectivity index is 2.94. The third-order valence-electron chi connectivity index (χ3n) is 2.17. The number of ether oxygens (including phenoxy) is 2. The smallest absolute Gasteiger partial charge is 0.354 e. The minimum absolute atomic E-state index is 0.205. The topological polar surface area (TPSA) is 78.6 Å². The highest BCUT2D eigenvalue weighted by molar-refractivity contribution is 6.09. The summed E-state index contributed by atoms with van der Waals surface area (Å²) in [5.41, 5.74) is 5.57. The molecule has 0 spiro atoms. The minimum atomic E-state index is -0.708. The quantitative estimate of drug-likeness (QED) is 0.483. The van der Waals surface area contributed by atoms with Gasteiger partial charge in [-0.3, -0.25) is 4.79 Å². The van der Waals surface area contributed by atoms with Crippen molar-refractivity contribution in [2.75, 3.05) is 13.7 Å². The molecule has 1 aromatic carbocycles. The van der Waals surface area contributed by atoms with Crippen molar-refractivity contribution in [2.45, 2.75) is 6.92 Å². The van der Waals surface area contributed by atoms with Crippen molar-refractivity contribution in [1.82, 2.24) is 0 Å². The van der Waals surface area contributed by atoms with Crippen LogP contribution in [0.3, 0.4) is 0 Å². The van der Waals surface area contributed by atoms with Crippen LogP contribution in [0.4, 0.5) is 0 Å². The molecule has 96 valence electrons. The standard InChI is InChI=1S/C13H15NO4/c1-3-18-13(16)10(14)8-11(15)9-6-4-5-7-12(9)17-2/h4-8H,3,14H2,1-2H3/b10-8-. The molecule has 18 heavy (non-hydrogen) atoms. The first-order valence-electron chi connectivity index (χ1n) is 5.41. The molecule has 5 heteroatoms. The van der Waals surface area contributed by atoms with E-state index < -0.39 is 11.8 Å². The van der Waals surface area contributed by atoms with E-state index >= 15 is 0 Å². The van der Waals surface area contributed by atoms with Gasteiger partial charge >= 0.3 is 5.97 Å². The molecule has 5 nitrogen and oxygen atoms in total. The van der Waals surface area contributed by atoms with E-state index in [0.717, 1.165) is 6.08 Å². The highest BCUT2D eigenvalue weighted by Gasteiger charge is 2.13. The summed E-state index contributed by atoms with van der Waals surface area (Å²) < 4.78 is 9.73. The summed E-state index contributed by atoms with van der Waals surface area (Å²) >= 11 is 0. The molecule has 0 amide bonds. The molecule has 0 heterocycles. The SMILES string of the molecule is CCOC(=O)/C(N)=C/C(=O)c1ccccc1OC. The Hall–Kier alpha value is -2.30. The molecule has 0 saturated heterocycles. The first-order chi connectivity index (χ1) is 8.60. The monoisotopic (exact) mass is 249 g/mol. The summed E-state index contributed by atoms with van der Waals surface area (Å²) in [6.07, 6.45) is 1.04. The predicted octanol–water partition coefficient (Wildman–Crippen LogP) is 1.28. The van der Waals surface area contributed by atoms with Gasteiger partial charge in [0.05, 0.1) is 19.3 Å². The molecule has 0 aliphatic heterocycles. The van der Waals surface area contributed by atoms with Crippen LogP contribution in [0.1, 0.15) is 17.3 Å². The molecule has 1 rings (SSSR count). The molecule has 0 saturated carbocycles. The predicted molar refractivity (Wildman–Crippen MR) is 66.2 cm³/mol. The van der Waals surface area contributed by atoms with Gasteiger partial charge in [-0.15, -0.1) is 0 Å². The van der Waals surface area contributed by atoms with Crippen molar-refractivity contribution in [1.29, 1.82) is 0 Å². The van der Waals surface area contributed by atoms with Crippen LogP contribution in [-0.2, 0) is 9.53 Å². The second-order valence-corrected chi connectivity index (χ2v) is 3.38. The summed E-state index contributed by atoms with van der Waals surface area (Å²) in [5, 5.41) is 0. The number of nitrogens with two attached hydrogens (primary N) is 1. The van der Waals surface area contributed by atoms with Crippen LogP contribution in [0.2, 0.25) is 0 Å². The summed E-state index contributed by atoms with van der Waals surface area (Å²) in [6.45, 7) is 1.86. The molecule has 0 bridgehead atoms. The maximum absolute atomic E-state index is 11.9. The van der Waals surface area contributed by atoms with Gasteiger partial charge in [-0.1, -0.05) is 12.1 Å². The molecule has 0 fully saturated rings. The number of para-hydroxylation sites is 1. The lowest BCUT2D eigenvalue weighted by atomic mass is 10.1. The Morgan fingerprint density at radius 2 is 2.00 bits per heavy atom. The molecule has 0 atom stereocenters. The first kappa shape index (κ1) is 13.8. The van der Waals surface area contributed by atoms with Crippen molar-refractivity contribution < 1.29 is 19.1 Å². The summed E-state index contributed by atoms with van der Waals surface area (Å²) in [7, 11) is 1.46. The van der Waals surface area contributed by atoms with Gasteiger partial charge in [-0.25, -0.2) is 4.79 Å². The second kappa shape index (κ2) is 6.44.